The molecule has 1 nitrogen and oxygen atoms in total. The van der Waals surface area contributed by atoms with Gasteiger partial charge in [0, 0.05) is 0 Å². The highest BCUT2D eigenvalue weighted by Gasteiger charge is 2.21. The minimum absolute atomic E-state index is 0.338. The molecule has 0 radical (unpaired) electrons. The SMILES string of the molecule is CC(C)CN(CC(C)C)[SiH](F)F. The first-order chi connectivity index (χ1) is 5.43. The molecule has 0 amide bonds. The standard InChI is InChI=1S/C8H19F2NSi/c1-7(2)5-11(12(9)10)6-8(3)4/h7-8,12H,5-6H2,1-4H3. The van der Waals surface area contributed by atoms with Crippen LogP contribution in [0.15, 0.2) is 0 Å². The van der Waals surface area contributed by atoms with Crippen molar-refractivity contribution < 1.29 is 8.22 Å². The van der Waals surface area contributed by atoms with Crippen molar-refractivity contribution in [2.75, 3.05) is 13.1 Å². The van der Waals surface area contributed by atoms with E-state index in [1.54, 1.807) is 0 Å². The number of hydrogen-bond donors (Lipinski definition) is 0. The molecule has 0 rings (SSSR count). The highest BCUT2D eigenvalue weighted by Crippen LogP contribution is 2.07. The highest BCUT2D eigenvalue weighted by atomic mass is 28.4. The van der Waals surface area contributed by atoms with Crippen LogP contribution in [0.4, 0.5) is 8.22 Å². The Morgan fingerprint density at radius 3 is 1.50 bits per heavy atom. The van der Waals surface area contributed by atoms with E-state index in [4.69, 9.17) is 0 Å². The topological polar surface area (TPSA) is 3.24 Å². The van der Waals surface area contributed by atoms with Gasteiger partial charge in [-0.15, -0.1) is 0 Å². The average molecular weight is 195 g/mol. The third-order valence-corrected chi connectivity index (χ3v) is 2.45. The van der Waals surface area contributed by atoms with Crippen LogP contribution >= 0.6 is 0 Å². The van der Waals surface area contributed by atoms with Crippen LogP contribution in [0.25, 0.3) is 0 Å². The van der Waals surface area contributed by atoms with Gasteiger partial charge >= 0.3 is 9.63 Å². The van der Waals surface area contributed by atoms with Crippen molar-refractivity contribution in [2.45, 2.75) is 27.7 Å². The lowest BCUT2D eigenvalue weighted by Crippen LogP contribution is -2.38. The summed E-state index contributed by atoms with van der Waals surface area (Å²) in [7, 11) is -3.56. The molecule has 0 fully saturated rings. The van der Waals surface area contributed by atoms with Gasteiger partial charge in [-0.05, 0) is 24.9 Å². The van der Waals surface area contributed by atoms with Crippen LogP contribution in [0, 0.1) is 11.8 Å². The van der Waals surface area contributed by atoms with E-state index in [1.807, 2.05) is 27.7 Å². The fraction of sp³-hybridized carbons (Fsp3) is 1.00. The van der Waals surface area contributed by atoms with E-state index in [0.717, 1.165) is 0 Å². The normalized spacial score (nSPS) is 12.5. The van der Waals surface area contributed by atoms with E-state index in [9.17, 15) is 8.22 Å². The lowest BCUT2D eigenvalue weighted by Gasteiger charge is -2.23. The Balaban J connectivity index is 3.87. The predicted molar refractivity (Wildman–Crippen MR) is 50.6 cm³/mol. The molecule has 0 aromatic heterocycles. The van der Waals surface area contributed by atoms with Crippen molar-refractivity contribution in [1.29, 1.82) is 0 Å². The van der Waals surface area contributed by atoms with Crippen molar-refractivity contribution in [1.82, 2.24) is 4.57 Å². The van der Waals surface area contributed by atoms with Crippen molar-refractivity contribution >= 4 is 9.63 Å². The van der Waals surface area contributed by atoms with Crippen LogP contribution in [0.1, 0.15) is 27.7 Å². The maximum absolute atomic E-state index is 12.5. The molecule has 0 unspecified atom stereocenters. The second-order valence-electron chi connectivity index (χ2n) is 4.02. The minimum atomic E-state index is -3.56. The molecule has 0 aromatic carbocycles. The first-order valence-corrected chi connectivity index (χ1v) is 5.84. The molecule has 12 heavy (non-hydrogen) atoms. The summed E-state index contributed by atoms with van der Waals surface area (Å²) in [6, 6.07) is 0. The molecule has 0 spiro atoms. The monoisotopic (exact) mass is 195 g/mol. The molecule has 0 atom stereocenters. The van der Waals surface area contributed by atoms with Gasteiger partial charge in [-0.25, -0.2) is 0 Å². The fourth-order valence-corrected chi connectivity index (χ4v) is 2.33. The largest absolute Gasteiger partial charge is 0.492 e. The minimum Gasteiger partial charge on any atom is -0.276 e. The Bertz CT molecular complexity index is 108. The van der Waals surface area contributed by atoms with Gasteiger partial charge in [-0.3, -0.25) is 12.8 Å². The quantitative estimate of drug-likeness (QED) is 0.480. The third kappa shape index (κ3) is 5.66. The van der Waals surface area contributed by atoms with Gasteiger partial charge in [0.15, 0.2) is 0 Å². The summed E-state index contributed by atoms with van der Waals surface area (Å²) in [5.41, 5.74) is 0. The van der Waals surface area contributed by atoms with E-state index in [1.165, 1.54) is 4.57 Å². The summed E-state index contributed by atoms with van der Waals surface area (Å²) in [5.74, 6) is 0.676. The molecular formula is C8H19F2NSi. The zero-order valence-corrected chi connectivity index (χ0v) is 9.50. The van der Waals surface area contributed by atoms with Gasteiger partial charge in [0.05, 0.1) is 0 Å². The molecule has 4 heteroatoms. The van der Waals surface area contributed by atoms with Crippen LogP contribution in [-0.2, 0) is 0 Å². The summed E-state index contributed by atoms with van der Waals surface area (Å²) in [6.45, 7) is 8.99. The van der Waals surface area contributed by atoms with Gasteiger partial charge < -0.3 is 0 Å². The average Bonchev–Trinajstić information content (AvgIpc) is 1.83. The first kappa shape index (κ1) is 12.0. The van der Waals surface area contributed by atoms with Crippen molar-refractivity contribution in [3.05, 3.63) is 0 Å². The third-order valence-electron chi connectivity index (χ3n) is 1.48. The maximum Gasteiger partial charge on any atom is 0.492 e. The molecule has 0 aliphatic rings. The summed E-state index contributed by atoms with van der Waals surface area (Å²) in [5, 5.41) is 0. The van der Waals surface area contributed by atoms with Gasteiger partial charge in [-0.2, -0.15) is 0 Å². The summed E-state index contributed by atoms with van der Waals surface area (Å²) < 4.78 is 26.3. The molecule has 0 N–H and O–H groups in total. The van der Waals surface area contributed by atoms with E-state index < -0.39 is 9.63 Å². The molecular weight excluding hydrogens is 176 g/mol. The number of hydrogen-bond acceptors (Lipinski definition) is 1. The zero-order valence-electron chi connectivity index (χ0n) is 8.35. The van der Waals surface area contributed by atoms with E-state index in [0.29, 0.717) is 24.9 Å². The van der Waals surface area contributed by atoms with Gasteiger partial charge in [0.25, 0.3) is 0 Å². The molecule has 0 saturated carbocycles. The molecule has 0 aliphatic heterocycles. The van der Waals surface area contributed by atoms with Crippen LogP contribution in [0.3, 0.4) is 0 Å². The second kappa shape index (κ2) is 5.64. The first-order valence-electron chi connectivity index (χ1n) is 4.45. The van der Waals surface area contributed by atoms with Crippen molar-refractivity contribution in [3.63, 3.8) is 0 Å². The lowest BCUT2D eigenvalue weighted by atomic mass is 10.2. The van der Waals surface area contributed by atoms with Gasteiger partial charge in [0.1, 0.15) is 0 Å². The Labute approximate surface area is 75.8 Å². The van der Waals surface area contributed by atoms with Crippen LogP contribution in [0.5, 0.6) is 0 Å². The molecule has 0 aromatic rings. The van der Waals surface area contributed by atoms with E-state index in [2.05, 4.69) is 0 Å². The summed E-state index contributed by atoms with van der Waals surface area (Å²) in [6.07, 6.45) is 0. The number of halogens is 2. The lowest BCUT2D eigenvalue weighted by molar-refractivity contribution is 0.295. The Hall–Kier alpha value is 0.0369. The molecule has 74 valence electrons. The molecule has 0 aliphatic carbocycles. The van der Waals surface area contributed by atoms with Crippen LogP contribution < -0.4 is 0 Å². The Morgan fingerprint density at radius 1 is 1.00 bits per heavy atom. The van der Waals surface area contributed by atoms with Crippen LogP contribution in [0.2, 0.25) is 0 Å². The predicted octanol–water partition coefficient (Wildman–Crippen LogP) is 2.26. The van der Waals surface area contributed by atoms with E-state index >= 15 is 0 Å². The summed E-state index contributed by atoms with van der Waals surface area (Å²) in [4.78, 5) is 0. The molecule has 0 bridgehead atoms. The van der Waals surface area contributed by atoms with E-state index in [-0.39, 0.29) is 0 Å². The number of nitrogens with zero attached hydrogens (tertiary/aromatic N) is 1. The highest BCUT2D eigenvalue weighted by molar-refractivity contribution is 6.39. The Kier molecular flexibility index (Phi) is 5.66. The van der Waals surface area contributed by atoms with Gasteiger partial charge in [-0.1, -0.05) is 27.7 Å². The van der Waals surface area contributed by atoms with Crippen LogP contribution in [-0.4, -0.2) is 27.3 Å². The van der Waals surface area contributed by atoms with Crippen molar-refractivity contribution in [3.8, 4) is 0 Å². The summed E-state index contributed by atoms with van der Waals surface area (Å²) >= 11 is 0. The molecule has 0 saturated heterocycles. The maximum atomic E-state index is 12.5. The Morgan fingerprint density at radius 2 is 1.33 bits per heavy atom. The van der Waals surface area contributed by atoms with Gasteiger partial charge in [0.2, 0.25) is 0 Å². The van der Waals surface area contributed by atoms with Crippen molar-refractivity contribution in [2.24, 2.45) is 11.8 Å². The second-order valence-corrected chi connectivity index (χ2v) is 5.30. The number of rotatable bonds is 5. The smallest absolute Gasteiger partial charge is 0.276 e. The zero-order chi connectivity index (χ0) is 9.72. The molecule has 0 heterocycles. The fourth-order valence-electron chi connectivity index (χ4n) is 1.17.